The molecule has 120 valence electrons. The first-order chi connectivity index (χ1) is 9.74. The highest BCUT2D eigenvalue weighted by Crippen LogP contribution is 2.22. The molecule has 1 N–H and O–H groups in total. The molecule has 1 atom stereocenters. The van der Waals surface area contributed by atoms with E-state index in [0.29, 0.717) is 17.7 Å². The lowest BCUT2D eigenvalue weighted by Gasteiger charge is -2.21. The second-order valence-corrected chi connectivity index (χ2v) is 5.11. The molecule has 0 spiro atoms. The van der Waals surface area contributed by atoms with E-state index >= 15 is 0 Å². The van der Waals surface area contributed by atoms with Gasteiger partial charge < -0.3 is 10.1 Å². The van der Waals surface area contributed by atoms with Crippen LogP contribution in [0.5, 0.6) is 0 Å². The summed E-state index contributed by atoms with van der Waals surface area (Å²) < 4.78 is 54.8. The maximum Gasteiger partial charge on any atom is 0.411 e. The van der Waals surface area contributed by atoms with Crippen LogP contribution in [0.15, 0.2) is 12.1 Å². The molecule has 1 rings (SSSR count). The van der Waals surface area contributed by atoms with Gasteiger partial charge in [-0.25, -0.2) is 4.39 Å². The van der Waals surface area contributed by atoms with Gasteiger partial charge in [0.1, 0.15) is 12.4 Å². The molecular weight excluding hydrogens is 286 g/mol. The molecule has 1 unspecified atom stereocenters. The quantitative estimate of drug-likeness (QED) is 0.767. The molecule has 0 aliphatic carbocycles. The van der Waals surface area contributed by atoms with E-state index in [9.17, 15) is 17.6 Å². The van der Waals surface area contributed by atoms with E-state index in [1.54, 1.807) is 26.0 Å². The Hall–Kier alpha value is -1.14. The van der Waals surface area contributed by atoms with Gasteiger partial charge in [-0.15, -0.1) is 0 Å². The van der Waals surface area contributed by atoms with Crippen LogP contribution in [0.3, 0.4) is 0 Å². The highest BCUT2D eigenvalue weighted by Gasteiger charge is 2.28. The first kappa shape index (κ1) is 17.9. The zero-order chi connectivity index (χ0) is 16.0. The average Bonchev–Trinajstić information content (AvgIpc) is 2.38. The van der Waals surface area contributed by atoms with Crippen molar-refractivity contribution in [2.45, 2.75) is 39.4 Å². The molecule has 0 amide bonds. The summed E-state index contributed by atoms with van der Waals surface area (Å²) in [7, 11) is 0. The maximum absolute atomic E-state index is 13.6. The summed E-state index contributed by atoms with van der Waals surface area (Å²) in [6, 6.07) is 2.91. The number of nitrogens with one attached hydrogen (secondary N) is 1. The third kappa shape index (κ3) is 6.01. The van der Waals surface area contributed by atoms with Crippen LogP contribution >= 0.6 is 0 Å². The van der Waals surface area contributed by atoms with E-state index in [-0.39, 0.29) is 18.5 Å². The van der Waals surface area contributed by atoms with E-state index in [1.807, 2.05) is 6.92 Å². The number of ether oxygens (including phenoxy) is 1. The first-order valence-corrected chi connectivity index (χ1v) is 6.89. The van der Waals surface area contributed by atoms with Crippen molar-refractivity contribution in [3.05, 3.63) is 34.6 Å². The van der Waals surface area contributed by atoms with Crippen LogP contribution in [0, 0.1) is 19.7 Å². The number of halogens is 4. The fourth-order valence-electron chi connectivity index (χ4n) is 2.06. The molecule has 0 saturated heterocycles. The average molecular weight is 307 g/mol. The molecule has 6 heteroatoms. The topological polar surface area (TPSA) is 21.3 Å². The van der Waals surface area contributed by atoms with Crippen LogP contribution in [0.2, 0.25) is 0 Å². The number of aryl methyl sites for hydroxylation is 2. The predicted molar refractivity (Wildman–Crippen MR) is 73.8 cm³/mol. The molecule has 0 aromatic heterocycles. The number of rotatable bonds is 7. The van der Waals surface area contributed by atoms with E-state index in [1.165, 1.54) is 0 Å². The van der Waals surface area contributed by atoms with E-state index in [4.69, 9.17) is 4.74 Å². The lowest BCUT2D eigenvalue weighted by Crippen LogP contribution is -2.29. The van der Waals surface area contributed by atoms with Gasteiger partial charge in [0.25, 0.3) is 0 Å². The summed E-state index contributed by atoms with van der Waals surface area (Å²) in [5, 5.41) is 3.13. The van der Waals surface area contributed by atoms with Crippen LogP contribution in [0.25, 0.3) is 0 Å². The minimum absolute atomic E-state index is 0.107. The summed E-state index contributed by atoms with van der Waals surface area (Å²) in [6.45, 7) is 4.50. The summed E-state index contributed by atoms with van der Waals surface area (Å²) in [5.74, 6) is -0.288. The fraction of sp³-hybridized carbons (Fsp3) is 0.600. The number of benzene rings is 1. The number of hydrogen-bond acceptors (Lipinski definition) is 2. The number of alkyl halides is 3. The molecule has 0 aliphatic heterocycles. The molecular formula is C15H21F4NO. The lowest BCUT2D eigenvalue weighted by atomic mass is 10.0. The monoisotopic (exact) mass is 307 g/mol. The highest BCUT2D eigenvalue weighted by molar-refractivity contribution is 5.32. The molecule has 0 saturated carbocycles. The first-order valence-electron chi connectivity index (χ1n) is 6.89. The molecule has 2 nitrogen and oxygen atoms in total. The van der Waals surface area contributed by atoms with Crippen molar-refractivity contribution in [3.63, 3.8) is 0 Å². The van der Waals surface area contributed by atoms with Crippen molar-refractivity contribution in [3.8, 4) is 0 Å². The largest absolute Gasteiger partial charge is 0.411 e. The lowest BCUT2D eigenvalue weighted by molar-refractivity contribution is -0.175. The van der Waals surface area contributed by atoms with Gasteiger partial charge in [-0.3, -0.25) is 0 Å². The van der Waals surface area contributed by atoms with Crippen molar-refractivity contribution in [2.24, 2.45) is 0 Å². The summed E-state index contributed by atoms with van der Waals surface area (Å²) in [6.07, 6.45) is -3.50. The fourth-order valence-corrected chi connectivity index (χ4v) is 2.06. The SMILES string of the molecule is CCCNC(COCC(F)(F)F)c1cc(C)c(F)c(C)c1. The van der Waals surface area contributed by atoms with Crippen molar-refractivity contribution in [2.75, 3.05) is 19.8 Å². The van der Waals surface area contributed by atoms with Crippen LogP contribution in [-0.2, 0) is 4.74 Å². The molecule has 21 heavy (non-hydrogen) atoms. The van der Waals surface area contributed by atoms with Crippen molar-refractivity contribution >= 4 is 0 Å². The maximum atomic E-state index is 13.6. The second kappa shape index (κ2) is 7.75. The van der Waals surface area contributed by atoms with Gasteiger partial charge in [0, 0.05) is 0 Å². The van der Waals surface area contributed by atoms with E-state index < -0.39 is 12.8 Å². The van der Waals surface area contributed by atoms with Crippen molar-refractivity contribution < 1.29 is 22.3 Å². The van der Waals surface area contributed by atoms with Crippen molar-refractivity contribution in [1.29, 1.82) is 0 Å². The minimum atomic E-state index is -4.34. The van der Waals surface area contributed by atoms with Gasteiger partial charge in [-0.05, 0) is 43.5 Å². The molecule has 1 aromatic carbocycles. The second-order valence-electron chi connectivity index (χ2n) is 5.11. The van der Waals surface area contributed by atoms with Crippen LogP contribution < -0.4 is 5.32 Å². The van der Waals surface area contributed by atoms with Gasteiger partial charge in [-0.1, -0.05) is 19.1 Å². The van der Waals surface area contributed by atoms with Crippen LogP contribution in [0.4, 0.5) is 17.6 Å². The third-order valence-corrected chi connectivity index (χ3v) is 3.05. The summed E-state index contributed by atoms with van der Waals surface area (Å²) >= 11 is 0. The molecule has 0 fully saturated rings. The molecule has 0 heterocycles. The number of hydrogen-bond donors (Lipinski definition) is 1. The zero-order valence-electron chi connectivity index (χ0n) is 12.5. The Morgan fingerprint density at radius 2 is 1.76 bits per heavy atom. The van der Waals surface area contributed by atoms with Gasteiger partial charge >= 0.3 is 6.18 Å². The minimum Gasteiger partial charge on any atom is -0.370 e. The Bertz CT molecular complexity index is 436. The van der Waals surface area contributed by atoms with Gasteiger partial charge in [0.15, 0.2) is 0 Å². The van der Waals surface area contributed by atoms with Crippen LogP contribution in [0.1, 0.15) is 36.1 Å². The molecule has 0 aliphatic rings. The zero-order valence-corrected chi connectivity index (χ0v) is 12.5. The van der Waals surface area contributed by atoms with Crippen molar-refractivity contribution in [1.82, 2.24) is 5.32 Å². The predicted octanol–water partition coefficient (Wildman–Crippen LogP) is 4.06. The Morgan fingerprint density at radius 1 is 1.19 bits per heavy atom. The van der Waals surface area contributed by atoms with Gasteiger partial charge in [0.05, 0.1) is 12.6 Å². The van der Waals surface area contributed by atoms with E-state index in [2.05, 4.69) is 5.32 Å². The highest BCUT2D eigenvalue weighted by atomic mass is 19.4. The Morgan fingerprint density at radius 3 is 2.24 bits per heavy atom. The standard InChI is InChI=1S/C15H21F4NO/c1-4-5-20-13(8-21-9-15(17,18)19)12-6-10(2)14(16)11(3)7-12/h6-7,13,20H,4-5,8-9H2,1-3H3. The van der Waals surface area contributed by atoms with Crippen LogP contribution in [-0.4, -0.2) is 25.9 Å². The van der Waals surface area contributed by atoms with E-state index in [0.717, 1.165) is 12.0 Å². The Labute approximate surface area is 122 Å². The molecule has 0 bridgehead atoms. The van der Waals surface area contributed by atoms with Gasteiger partial charge in [-0.2, -0.15) is 13.2 Å². The smallest absolute Gasteiger partial charge is 0.370 e. The molecule has 0 radical (unpaired) electrons. The molecule has 1 aromatic rings. The van der Waals surface area contributed by atoms with Gasteiger partial charge in [0.2, 0.25) is 0 Å². The Balaban J connectivity index is 2.81. The normalized spacial score (nSPS) is 13.5. The third-order valence-electron chi connectivity index (χ3n) is 3.05. The Kier molecular flexibility index (Phi) is 6.61. The summed E-state index contributed by atoms with van der Waals surface area (Å²) in [5.41, 5.74) is 1.69. The summed E-state index contributed by atoms with van der Waals surface area (Å²) in [4.78, 5) is 0.